The molecule has 0 radical (unpaired) electrons. The van der Waals surface area contributed by atoms with Crippen LogP contribution in [0.2, 0.25) is 0 Å². The summed E-state index contributed by atoms with van der Waals surface area (Å²) in [7, 11) is 1.02. The van der Waals surface area contributed by atoms with Crippen molar-refractivity contribution in [3.8, 4) is 0 Å². The van der Waals surface area contributed by atoms with Crippen LogP contribution in [-0.2, 0) is 10.0 Å². The molecule has 0 fully saturated rings. The van der Waals surface area contributed by atoms with Gasteiger partial charge in [0, 0.05) is 33.3 Å². The van der Waals surface area contributed by atoms with E-state index in [-0.39, 0.29) is 28.8 Å². The van der Waals surface area contributed by atoms with Crippen LogP contribution in [0.25, 0.3) is 0 Å². The number of hydrogen-bond acceptors (Lipinski definition) is 5. The summed E-state index contributed by atoms with van der Waals surface area (Å²) < 4.78 is 30.2. The van der Waals surface area contributed by atoms with Crippen LogP contribution in [0.15, 0.2) is 15.4 Å². The molecule has 0 saturated carbocycles. The average Bonchev–Trinajstić information content (AvgIpc) is 2.72. The van der Waals surface area contributed by atoms with E-state index in [9.17, 15) is 13.2 Å². The van der Waals surface area contributed by atoms with Crippen LogP contribution in [0.5, 0.6) is 0 Å². The molecule has 1 aromatic heterocycles. The molecule has 0 aliphatic heterocycles. The Labute approximate surface area is 125 Å². The second-order valence-corrected chi connectivity index (χ2v) is 6.30. The number of furan rings is 1. The standard InChI is InChI=1S/C11H19N3O4S.ClH/c1-8-10(19(16,17)14(3)4)7-9(18-8)11(15)13-6-5-12-2;/h7,12H,5-6H2,1-4H3,(H,13,15);1H. The van der Waals surface area contributed by atoms with Crippen LogP contribution >= 0.6 is 12.4 Å². The number of nitrogens with zero attached hydrogens (tertiary/aromatic N) is 1. The molecule has 0 bridgehead atoms. The number of rotatable bonds is 6. The molecule has 0 atom stereocenters. The lowest BCUT2D eigenvalue weighted by molar-refractivity contribution is 0.0925. The van der Waals surface area contributed by atoms with E-state index in [1.165, 1.54) is 27.1 Å². The van der Waals surface area contributed by atoms with Gasteiger partial charge in [-0.05, 0) is 14.0 Å². The molecule has 0 aromatic carbocycles. The van der Waals surface area contributed by atoms with E-state index in [4.69, 9.17) is 4.42 Å². The molecule has 1 rings (SSSR count). The van der Waals surface area contributed by atoms with E-state index in [0.29, 0.717) is 13.1 Å². The molecule has 9 heteroatoms. The molecule has 0 aliphatic rings. The smallest absolute Gasteiger partial charge is 0.287 e. The van der Waals surface area contributed by atoms with Gasteiger partial charge in [-0.2, -0.15) is 0 Å². The lowest BCUT2D eigenvalue weighted by Crippen LogP contribution is -2.30. The van der Waals surface area contributed by atoms with Crippen LogP contribution in [0.1, 0.15) is 16.3 Å². The highest BCUT2D eigenvalue weighted by atomic mass is 35.5. The second-order valence-electron chi connectivity index (χ2n) is 4.18. The molecule has 7 nitrogen and oxygen atoms in total. The van der Waals surface area contributed by atoms with E-state index < -0.39 is 15.9 Å². The summed E-state index contributed by atoms with van der Waals surface area (Å²) in [5.74, 6) is -0.236. The van der Waals surface area contributed by atoms with Crippen LogP contribution in [-0.4, -0.2) is 52.9 Å². The predicted octanol–water partition coefficient (Wildman–Crippen LogP) is 0.209. The van der Waals surface area contributed by atoms with Crippen molar-refractivity contribution in [1.29, 1.82) is 0 Å². The first kappa shape index (κ1) is 18.9. The van der Waals surface area contributed by atoms with Gasteiger partial charge in [-0.3, -0.25) is 4.79 Å². The number of carbonyl (C=O) groups excluding carboxylic acids is 1. The van der Waals surface area contributed by atoms with Gasteiger partial charge in [-0.15, -0.1) is 12.4 Å². The van der Waals surface area contributed by atoms with Crippen LogP contribution in [0, 0.1) is 6.92 Å². The van der Waals surface area contributed by atoms with Gasteiger partial charge in [-0.1, -0.05) is 0 Å². The molecule has 0 unspecified atom stereocenters. The van der Waals surface area contributed by atoms with E-state index in [1.54, 1.807) is 7.05 Å². The van der Waals surface area contributed by atoms with Crippen molar-refractivity contribution in [3.63, 3.8) is 0 Å². The third-order valence-electron chi connectivity index (χ3n) is 2.52. The zero-order valence-electron chi connectivity index (χ0n) is 11.9. The molecule has 0 saturated heterocycles. The predicted molar refractivity (Wildman–Crippen MR) is 77.8 cm³/mol. The Morgan fingerprint density at radius 1 is 1.35 bits per heavy atom. The number of amides is 1. The Morgan fingerprint density at radius 3 is 2.45 bits per heavy atom. The summed E-state index contributed by atoms with van der Waals surface area (Å²) >= 11 is 0. The number of nitrogens with one attached hydrogen (secondary N) is 2. The largest absolute Gasteiger partial charge is 0.455 e. The van der Waals surface area contributed by atoms with Gasteiger partial charge in [0.15, 0.2) is 5.76 Å². The maximum atomic E-state index is 12.0. The number of carbonyl (C=O) groups is 1. The van der Waals surface area contributed by atoms with Crippen molar-refractivity contribution in [2.75, 3.05) is 34.2 Å². The zero-order valence-corrected chi connectivity index (χ0v) is 13.5. The number of aryl methyl sites for hydroxylation is 1. The Kier molecular flexibility index (Phi) is 7.21. The Bertz CT molecular complexity index is 554. The summed E-state index contributed by atoms with van der Waals surface area (Å²) in [4.78, 5) is 11.8. The van der Waals surface area contributed by atoms with Crippen molar-refractivity contribution >= 4 is 28.3 Å². The molecule has 2 N–H and O–H groups in total. The molecule has 20 heavy (non-hydrogen) atoms. The third kappa shape index (κ3) is 4.20. The monoisotopic (exact) mass is 325 g/mol. The normalized spacial score (nSPS) is 11.2. The highest BCUT2D eigenvalue weighted by Crippen LogP contribution is 2.22. The van der Waals surface area contributed by atoms with Crippen molar-refractivity contribution in [2.45, 2.75) is 11.8 Å². The number of sulfonamides is 1. The highest BCUT2D eigenvalue weighted by Gasteiger charge is 2.25. The van der Waals surface area contributed by atoms with Gasteiger partial charge >= 0.3 is 0 Å². The summed E-state index contributed by atoms with van der Waals surface area (Å²) in [6.45, 7) is 2.57. The second kappa shape index (κ2) is 7.63. The minimum atomic E-state index is -3.60. The fourth-order valence-electron chi connectivity index (χ4n) is 1.42. The summed E-state index contributed by atoms with van der Waals surface area (Å²) in [6.07, 6.45) is 0. The summed E-state index contributed by atoms with van der Waals surface area (Å²) in [5, 5.41) is 5.50. The van der Waals surface area contributed by atoms with Crippen LogP contribution < -0.4 is 10.6 Å². The van der Waals surface area contributed by atoms with Crippen LogP contribution in [0.3, 0.4) is 0 Å². The van der Waals surface area contributed by atoms with Crippen LogP contribution in [0.4, 0.5) is 0 Å². The molecule has 1 heterocycles. The van der Waals surface area contributed by atoms with Crippen molar-refractivity contribution in [3.05, 3.63) is 17.6 Å². The molecular formula is C11H20ClN3O4S. The minimum absolute atomic E-state index is 0. The first-order valence-corrected chi connectivity index (χ1v) is 7.20. The maximum absolute atomic E-state index is 12.0. The Balaban J connectivity index is 0.00000361. The molecule has 116 valence electrons. The quantitative estimate of drug-likeness (QED) is 0.729. The summed E-state index contributed by atoms with van der Waals surface area (Å²) in [5.41, 5.74) is 0. The lowest BCUT2D eigenvalue weighted by atomic mass is 10.4. The van der Waals surface area contributed by atoms with E-state index in [1.807, 2.05) is 0 Å². The Hall–Kier alpha value is -1.09. The van der Waals surface area contributed by atoms with Gasteiger partial charge < -0.3 is 15.1 Å². The maximum Gasteiger partial charge on any atom is 0.287 e. The summed E-state index contributed by atoms with van der Waals surface area (Å²) in [6, 6.07) is 1.25. The van der Waals surface area contributed by atoms with Gasteiger partial charge in [0.05, 0.1) is 0 Å². The fourth-order valence-corrected chi connectivity index (χ4v) is 2.47. The zero-order chi connectivity index (χ0) is 14.6. The van der Waals surface area contributed by atoms with Gasteiger partial charge in [0.1, 0.15) is 10.7 Å². The lowest BCUT2D eigenvalue weighted by Gasteiger charge is -2.09. The number of halogens is 1. The van der Waals surface area contributed by atoms with Crippen molar-refractivity contribution in [2.24, 2.45) is 0 Å². The fraction of sp³-hybridized carbons (Fsp3) is 0.545. The van der Waals surface area contributed by atoms with E-state index in [2.05, 4.69) is 10.6 Å². The minimum Gasteiger partial charge on any atom is -0.455 e. The van der Waals surface area contributed by atoms with Gasteiger partial charge in [0.25, 0.3) is 5.91 Å². The molecular weight excluding hydrogens is 306 g/mol. The van der Waals surface area contributed by atoms with E-state index in [0.717, 1.165) is 4.31 Å². The Morgan fingerprint density at radius 2 is 1.95 bits per heavy atom. The average molecular weight is 326 g/mol. The number of hydrogen-bond donors (Lipinski definition) is 2. The van der Waals surface area contributed by atoms with Gasteiger partial charge in [0.2, 0.25) is 10.0 Å². The molecule has 0 aliphatic carbocycles. The topological polar surface area (TPSA) is 91.6 Å². The van der Waals surface area contributed by atoms with Crippen molar-refractivity contribution in [1.82, 2.24) is 14.9 Å². The molecule has 1 amide bonds. The number of likely N-dealkylation sites (N-methyl/N-ethyl adjacent to an activating group) is 1. The van der Waals surface area contributed by atoms with E-state index >= 15 is 0 Å². The first-order valence-electron chi connectivity index (χ1n) is 5.76. The first-order chi connectivity index (χ1) is 8.80. The molecule has 0 spiro atoms. The third-order valence-corrected chi connectivity index (χ3v) is 4.44. The molecule has 1 aromatic rings. The SMILES string of the molecule is CNCCNC(=O)c1cc(S(=O)(=O)N(C)C)c(C)o1.Cl. The van der Waals surface area contributed by atoms with Gasteiger partial charge in [-0.25, -0.2) is 12.7 Å². The van der Waals surface area contributed by atoms with Crippen molar-refractivity contribution < 1.29 is 17.6 Å². The highest BCUT2D eigenvalue weighted by molar-refractivity contribution is 7.89.